The minimum Gasteiger partial charge on any atom is -0.356 e. The Hall–Kier alpha value is -2.10. The first kappa shape index (κ1) is 14.3. The Morgan fingerprint density at radius 2 is 2.05 bits per heavy atom. The van der Waals surface area contributed by atoms with Gasteiger partial charge < -0.3 is 9.84 Å². The van der Waals surface area contributed by atoms with Crippen LogP contribution < -0.4 is 5.32 Å². The van der Waals surface area contributed by atoms with E-state index in [1.165, 1.54) is 0 Å². The summed E-state index contributed by atoms with van der Waals surface area (Å²) in [5.41, 5.74) is 1.62. The van der Waals surface area contributed by atoms with Gasteiger partial charge in [0.25, 0.3) is 0 Å². The molecule has 0 aliphatic carbocycles. The lowest BCUT2D eigenvalue weighted by molar-refractivity contribution is -0.120. The van der Waals surface area contributed by atoms with Crippen molar-refractivity contribution in [2.45, 2.75) is 26.7 Å². The van der Waals surface area contributed by atoms with Crippen molar-refractivity contribution in [2.75, 3.05) is 6.54 Å². The smallest absolute Gasteiger partial charge is 0.226 e. The first-order valence-corrected chi connectivity index (χ1v) is 6.93. The first-order chi connectivity index (χ1) is 9.65. The number of nitrogens with one attached hydrogen (secondary N) is 1. The normalized spacial score (nSPS) is 10.8. The first-order valence-electron chi connectivity index (χ1n) is 6.93. The van der Waals surface area contributed by atoms with E-state index in [2.05, 4.69) is 24.3 Å². The summed E-state index contributed by atoms with van der Waals surface area (Å²) >= 11 is 0. The van der Waals surface area contributed by atoms with Crippen molar-refractivity contribution in [3.05, 3.63) is 42.1 Å². The maximum Gasteiger partial charge on any atom is 0.226 e. The van der Waals surface area contributed by atoms with Gasteiger partial charge in [-0.15, -0.1) is 0 Å². The zero-order valence-corrected chi connectivity index (χ0v) is 11.9. The SMILES string of the molecule is CC(C)CCNC(=O)Cc1cc(-c2ccccc2)on1. The highest BCUT2D eigenvalue weighted by molar-refractivity contribution is 5.78. The standard InChI is InChI=1S/C16H20N2O2/c1-12(2)8-9-17-16(19)11-14-10-15(20-18-14)13-6-4-3-5-7-13/h3-7,10,12H,8-9,11H2,1-2H3,(H,17,19). The fourth-order valence-corrected chi connectivity index (χ4v) is 1.86. The molecule has 0 spiro atoms. The predicted molar refractivity (Wildman–Crippen MR) is 78.1 cm³/mol. The van der Waals surface area contributed by atoms with Crippen LogP contribution in [0.3, 0.4) is 0 Å². The molecule has 20 heavy (non-hydrogen) atoms. The van der Waals surface area contributed by atoms with E-state index in [4.69, 9.17) is 4.52 Å². The van der Waals surface area contributed by atoms with E-state index in [0.717, 1.165) is 12.0 Å². The number of amides is 1. The van der Waals surface area contributed by atoms with Gasteiger partial charge in [-0.1, -0.05) is 49.3 Å². The number of aromatic nitrogens is 1. The van der Waals surface area contributed by atoms with Crippen molar-refractivity contribution in [3.63, 3.8) is 0 Å². The van der Waals surface area contributed by atoms with Gasteiger partial charge in [0, 0.05) is 18.2 Å². The number of rotatable bonds is 6. The van der Waals surface area contributed by atoms with E-state index in [9.17, 15) is 4.79 Å². The van der Waals surface area contributed by atoms with Gasteiger partial charge in [-0.05, 0) is 12.3 Å². The highest BCUT2D eigenvalue weighted by Gasteiger charge is 2.10. The molecule has 0 fully saturated rings. The van der Waals surface area contributed by atoms with Crippen molar-refractivity contribution in [2.24, 2.45) is 5.92 Å². The van der Waals surface area contributed by atoms with Gasteiger partial charge in [-0.2, -0.15) is 0 Å². The van der Waals surface area contributed by atoms with Gasteiger partial charge in [0.05, 0.1) is 12.1 Å². The van der Waals surface area contributed by atoms with E-state index in [-0.39, 0.29) is 12.3 Å². The molecule has 0 aliphatic rings. The fraction of sp³-hybridized carbons (Fsp3) is 0.375. The molecule has 0 radical (unpaired) electrons. The Labute approximate surface area is 119 Å². The molecule has 0 atom stereocenters. The topological polar surface area (TPSA) is 55.1 Å². The second kappa shape index (κ2) is 6.89. The summed E-state index contributed by atoms with van der Waals surface area (Å²) in [6, 6.07) is 11.5. The number of benzene rings is 1. The van der Waals surface area contributed by atoms with Crippen molar-refractivity contribution in [1.29, 1.82) is 0 Å². The number of hydrogen-bond donors (Lipinski definition) is 1. The van der Waals surface area contributed by atoms with E-state index >= 15 is 0 Å². The number of carbonyl (C=O) groups excluding carboxylic acids is 1. The minimum absolute atomic E-state index is 0.0152. The predicted octanol–water partition coefficient (Wildman–Crippen LogP) is 3.05. The van der Waals surface area contributed by atoms with E-state index in [1.54, 1.807) is 0 Å². The van der Waals surface area contributed by atoms with Crippen LogP contribution in [0.2, 0.25) is 0 Å². The Balaban J connectivity index is 1.88. The summed E-state index contributed by atoms with van der Waals surface area (Å²) in [5, 5.41) is 6.83. The van der Waals surface area contributed by atoms with Crippen LogP contribution in [-0.4, -0.2) is 17.6 Å². The van der Waals surface area contributed by atoms with Crippen molar-refractivity contribution in [1.82, 2.24) is 10.5 Å². The molecular formula is C16H20N2O2. The van der Waals surface area contributed by atoms with E-state index in [1.807, 2.05) is 36.4 Å². The van der Waals surface area contributed by atoms with E-state index in [0.29, 0.717) is 23.9 Å². The van der Waals surface area contributed by atoms with Gasteiger partial charge in [-0.25, -0.2) is 0 Å². The Bertz CT molecular complexity index is 547. The van der Waals surface area contributed by atoms with Crippen LogP contribution in [0.1, 0.15) is 26.0 Å². The van der Waals surface area contributed by atoms with Crippen LogP contribution in [0, 0.1) is 5.92 Å². The molecule has 0 unspecified atom stereocenters. The van der Waals surface area contributed by atoms with Crippen LogP contribution in [0.4, 0.5) is 0 Å². The van der Waals surface area contributed by atoms with E-state index < -0.39 is 0 Å². The van der Waals surface area contributed by atoms with Crippen LogP contribution in [-0.2, 0) is 11.2 Å². The summed E-state index contributed by atoms with van der Waals surface area (Å²) in [7, 11) is 0. The van der Waals surface area contributed by atoms with Crippen molar-refractivity contribution in [3.8, 4) is 11.3 Å². The summed E-state index contributed by atoms with van der Waals surface area (Å²) in [5.74, 6) is 1.26. The maximum atomic E-state index is 11.7. The van der Waals surface area contributed by atoms with Crippen LogP contribution >= 0.6 is 0 Å². The molecule has 0 saturated heterocycles. The van der Waals surface area contributed by atoms with Crippen LogP contribution in [0.5, 0.6) is 0 Å². The summed E-state index contributed by atoms with van der Waals surface area (Å²) in [6.45, 7) is 4.98. The van der Waals surface area contributed by atoms with Gasteiger partial charge in [0.2, 0.25) is 5.91 Å². The largest absolute Gasteiger partial charge is 0.356 e. The lowest BCUT2D eigenvalue weighted by Gasteiger charge is -2.05. The summed E-state index contributed by atoms with van der Waals surface area (Å²) < 4.78 is 5.26. The quantitative estimate of drug-likeness (QED) is 0.879. The lowest BCUT2D eigenvalue weighted by atomic mass is 10.1. The second-order valence-corrected chi connectivity index (χ2v) is 5.26. The molecule has 1 amide bonds. The van der Waals surface area contributed by atoms with Gasteiger partial charge >= 0.3 is 0 Å². The fourth-order valence-electron chi connectivity index (χ4n) is 1.86. The average Bonchev–Trinajstić information content (AvgIpc) is 2.88. The van der Waals surface area contributed by atoms with Crippen molar-refractivity contribution >= 4 is 5.91 Å². The zero-order valence-electron chi connectivity index (χ0n) is 11.9. The molecule has 2 rings (SSSR count). The molecule has 1 aromatic heterocycles. The molecule has 0 bridgehead atoms. The number of hydrogen-bond acceptors (Lipinski definition) is 3. The molecular weight excluding hydrogens is 252 g/mol. The monoisotopic (exact) mass is 272 g/mol. The van der Waals surface area contributed by atoms with Crippen LogP contribution in [0.25, 0.3) is 11.3 Å². The Kier molecular flexibility index (Phi) is 4.93. The van der Waals surface area contributed by atoms with Gasteiger partial charge in [0.1, 0.15) is 0 Å². The molecule has 106 valence electrons. The third-order valence-corrected chi connectivity index (χ3v) is 3.00. The molecule has 1 heterocycles. The molecule has 0 saturated carbocycles. The zero-order chi connectivity index (χ0) is 14.4. The molecule has 1 aromatic carbocycles. The third kappa shape index (κ3) is 4.23. The minimum atomic E-state index is -0.0152. The lowest BCUT2D eigenvalue weighted by Crippen LogP contribution is -2.26. The Morgan fingerprint density at radius 1 is 1.30 bits per heavy atom. The van der Waals surface area contributed by atoms with Gasteiger partial charge in [-0.3, -0.25) is 4.79 Å². The molecule has 4 nitrogen and oxygen atoms in total. The summed E-state index contributed by atoms with van der Waals surface area (Å²) in [6.07, 6.45) is 1.24. The molecule has 2 aromatic rings. The summed E-state index contributed by atoms with van der Waals surface area (Å²) in [4.78, 5) is 11.7. The molecule has 0 aliphatic heterocycles. The number of nitrogens with zero attached hydrogens (tertiary/aromatic N) is 1. The average molecular weight is 272 g/mol. The van der Waals surface area contributed by atoms with Gasteiger partial charge in [0.15, 0.2) is 5.76 Å². The van der Waals surface area contributed by atoms with Crippen molar-refractivity contribution < 1.29 is 9.32 Å². The van der Waals surface area contributed by atoms with Crippen LogP contribution in [0.15, 0.2) is 40.9 Å². The third-order valence-electron chi connectivity index (χ3n) is 3.00. The molecule has 1 N–H and O–H groups in total. The highest BCUT2D eigenvalue weighted by atomic mass is 16.5. The maximum absolute atomic E-state index is 11.7. The molecule has 4 heteroatoms. The second-order valence-electron chi connectivity index (χ2n) is 5.26. The number of carbonyl (C=O) groups is 1. The highest BCUT2D eigenvalue weighted by Crippen LogP contribution is 2.19. The Morgan fingerprint density at radius 3 is 2.75 bits per heavy atom.